The Kier molecular flexibility index (Phi) is 5.65. The number of halogens is 4. The Hall–Kier alpha value is -3.60. The number of amides is 2. The highest BCUT2D eigenvalue weighted by Gasteiger charge is 2.31. The van der Waals surface area contributed by atoms with Gasteiger partial charge in [0.05, 0.1) is 11.3 Å². The van der Waals surface area contributed by atoms with E-state index in [9.17, 15) is 32.3 Å². The maximum Gasteiger partial charge on any atom is 0.416 e. The summed E-state index contributed by atoms with van der Waals surface area (Å²) in [5.41, 5.74) is 5.11. The number of anilines is 3. The zero-order valence-electron chi connectivity index (χ0n) is 14.9. The number of rotatable bonds is 4. The number of carbonyl (C=O) groups excluding carboxylic acids is 1. The molecule has 0 aliphatic heterocycles. The van der Waals surface area contributed by atoms with Crippen LogP contribution in [0.5, 0.6) is 0 Å². The Morgan fingerprint density at radius 3 is 2.30 bits per heavy atom. The number of nitrogens with two attached hydrogens (primary N) is 1. The molecule has 1 aromatic heterocycles. The van der Waals surface area contributed by atoms with Crippen LogP contribution in [0.1, 0.15) is 15.9 Å². The predicted octanol–water partition coefficient (Wildman–Crippen LogP) is 5.50. The first-order valence-electron chi connectivity index (χ1n) is 8.21. The third kappa shape index (κ3) is 4.51. The number of urea groups is 1. The van der Waals surface area contributed by atoms with Gasteiger partial charge < -0.3 is 21.5 Å². The molecule has 3 rings (SSSR count). The van der Waals surface area contributed by atoms with Crippen molar-refractivity contribution in [3.05, 3.63) is 64.8 Å². The fraction of sp³-hybridized carbons (Fsp3) is 0.0526. The van der Waals surface area contributed by atoms with Crippen molar-refractivity contribution < 1.29 is 32.3 Å². The summed E-state index contributed by atoms with van der Waals surface area (Å²) in [5, 5.41) is 15.4. The molecule has 1 heterocycles. The first kappa shape index (κ1) is 21.1. The Balaban J connectivity index is 1.74. The standard InChI is InChI=1S/C19H13F4N3O3S/c20-13-6-3-10(19(21,22)23)7-14(13)26-18(29)25-11-4-1-9(2-5-11)12-8-30-16(24)15(12)17(27)28/h1-8H,24H2,(H,27,28)(H2,25,26,29). The van der Waals surface area contributed by atoms with Crippen molar-refractivity contribution in [3.8, 4) is 11.1 Å². The van der Waals surface area contributed by atoms with Gasteiger partial charge in [-0.2, -0.15) is 13.2 Å². The molecule has 0 saturated heterocycles. The molecular weight excluding hydrogens is 426 g/mol. The summed E-state index contributed by atoms with van der Waals surface area (Å²) >= 11 is 1.08. The highest BCUT2D eigenvalue weighted by Crippen LogP contribution is 2.34. The van der Waals surface area contributed by atoms with Crippen LogP contribution in [0, 0.1) is 5.82 Å². The lowest BCUT2D eigenvalue weighted by Gasteiger charge is -2.12. The third-order valence-electron chi connectivity index (χ3n) is 4.03. The fourth-order valence-corrected chi connectivity index (χ4v) is 3.44. The van der Waals surface area contributed by atoms with Crippen LogP contribution >= 0.6 is 11.3 Å². The average Bonchev–Trinajstić information content (AvgIpc) is 3.05. The van der Waals surface area contributed by atoms with Gasteiger partial charge in [-0.25, -0.2) is 14.0 Å². The zero-order chi connectivity index (χ0) is 22.1. The molecule has 6 nitrogen and oxygen atoms in total. The number of benzene rings is 2. The number of nitrogen functional groups attached to an aromatic ring is 1. The molecule has 0 bridgehead atoms. The first-order valence-corrected chi connectivity index (χ1v) is 9.09. The van der Waals surface area contributed by atoms with Crippen molar-refractivity contribution >= 4 is 39.7 Å². The fourth-order valence-electron chi connectivity index (χ4n) is 2.62. The molecule has 0 radical (unpaired) electrons. The Labute approximate surface area is 170 Å². The summed E-state index contributed by atoms with van der Waals surface area (Å²) in [6, 6.07) is 6.70. The van der Waals surface area contributed by atoms with Gasteiger partial charge in [-0.15, -0.1) is 11.3 Å². The van der Waals surface area contributed by atoms with E-state index in [1.165, 1.54) is 24.3 Å². The Morgan fingerprint density at radius 1 is 1.03 bits per heavy atom. The minimum Gasteiger partial charge on any atom is -0.478 e. The minimum absolute atomic E-state index is 0.0292. The summed E-state index contributed by atoms with van der Waals surface area (Å²) in [4.78, 5) is 23.4. The molecule has 0 unspecified atom stereocenters. The van der Waals surface area contributed by atoms with Crippen LogP contribution in [-0.4, -0.2) is 17.1 Å². The van der Waals surface area contributed by atoms with Crippen molar-refractivity contribution in [2.45, 2.75) is 6.18 Å². The van der Waals surface area contributed by atoms with Crippen LogP contribution in [0.4, 0.5) is 38.7 Å². The number of thiophene rings is 1. The Bertz CT molecular complexity index is 1110. The largest absolute Gasteiger partial charge is 0.478 e. The molecule has 0 saturated carbocycles. The molecular formula is C19H13F4N3O3S. The molecule has 11 heteroatoms. The lowest BCUT2D eigenvalue weighted by molar-refractivity contribution is -0.137. The second-order valence-electron chi connectivity index (χ2n) is 6.04. The molecule has 156 valence electrons. The average molecular weight is 439 g/mol. The van der Waals surface area contributed by atoms with Gasteiger partial charge in [0, 0.05) is 16.6 Å². The number of aromatic carboxylic acids is 1. The van der Waals surface area contributed by atoms with Crippen molar-refractivity contribution in [1.82, 2.24) is 0 Å². The van der Waals surface area contributed by atoms with E-state index in [0.717, 1.165) is 11.3 Å². The molecule has 0 atom stereocenters. The third-order valence-corrected chi connectivity index (χ3v) is 4.84. The van der Waals surface area contributed by atoms with E-state index < -0.39 is 35.2 Å². The van der Waals surface area contributed by atoms with Crippen LogP contribution in [0.3, 0.4) is 0 Å². The lowest BCUT2D eigenvalue weighted by Crippen LogP contribution is -2.20. The highest BCUT2D eigenvalue weighted by molar-refractivity contribution is 7.14. The normalized spacial score (nSPS) is 11.2. The van der Waals surface area contributed by atoms with Crippen LogP contribution < -0.4 is 16.4 Å². The Morgan fingerprint density at radius 2 is 1.70 bits per heavy atom. The van der Waals surface area contributed by atoms with E-state index in [0.29, 0.717) is 29.3 Å². The van der Waals surface area contributed by atoms with Crippen molar-refractivity contribution in [2.24, 2.45) is 0 Å². The van der Waals surface area contributed by atoms with E-state index in [1.807, 2.05) is 5.32 Å². The van der Waals surface area contributed by atoms with Gasteiger partial charge in [-0.1, -0.05) is 12.1 Å². The summed E-state index contributed by atoms with van der Waals surface area (Å²) in [5.74, 6) is -2.20. The van der Waals surface area contributed by atoms with Gasteiger partial charge in [0.25, 0.3) is 0 Å². The van der Waals surface area contributed by atoms with E-state index in [2.05, 4.69) is 5.32 Å². The second kappa shape index (κ2) is 8.03. The van der Waals surface area contributed by atoms with E-state index in [-0.39, 0.29) is 16.3 Å². The first-order chi connectivity index (χ1) is 14.1. The molecule has 2 aromatic carbocycles. The highest BCUT2D eigenvalue weighted by atomic mass is 32.1. The van der Waals surface area contributed by atoms with Crippen LogP contribution in [-0.2, 0) is 6.18 Å². The van der Waals surface area contributed by atoms with E-state index >= 15 is 0 Å². The number of carboxylic acid groups (broad SMARTS) is 1. The molecule has 5 N–H and O–H groups in total. The molecule has 30 heavy (non-hydrogen) atoms. The van der Waals surface area contributed by atoms with Crippen molar-refractivity contribution in [3.63, 3.8) is 0 Å². The topological polar surface area (TPSA) is 104 Å². The summed E-state index contributed by atoms with van der Waals surface area (Å²) in [6.45, 7) is 0. The number of carboxylic acids is 1. The second-order valence-corrected chi connectivity index (χ2v) is 6.95. The number of nitrogens with one attached hydrogen (secondary N) is 2. The van der Waals surface area contributed by atoms with Gasteiger partial charge in [-0.3, -0.25) is 0 Å². The molecule has 0 aliphatic rings. The van der Waals surface area contributed by atoms with E-state index in [1.54, 1.807) is 5.38 Å². The quantitative estimate of drug-likeness (QED) is 0.403. The van der Waals surface area contributed by atoms with Gasteiger partial charge >= 0.3 is 18.2 Å². The summed E-state index contributed by atoms with van der Waals surface area (Å²) in [6.07, 6.45) is -4.68. The van der Waals surface area contributed by atoms with Crippen molar-refractivity contribution in [2.75, 3.05) is 16.4 Å². The predicted molar refractivity (Wildman–Crippen MR) is 105 cm³/mol. The number of alkyl halides is 3. The molecule has 0 aliphatic carbocycles. The molecule has 0 spiro atoms. The number of hydrogen-bond acceptors (Lipinski definition) is 4. The van der Waals surface area contributed by atoms with Crippen LogP contribution in [0.2, 0.25) is 0 Å². The minimum atomic E-state index is -4.68. The molecule has 2 amide bonds. The number of hydrogen-bond donors (Lipinski definition) is 4. The van der Waals surface area contributed by atoms with E-state index in [4.69, 9.17) is 5.73 Å². The lowest BCUT2D eigenvalue weighted by atomic mass is 10.0. The van der Waals surface area contributed by atoms with Gasteiger partial charge in [0.1, 0.15) is 16.4 Å². The van der Waals surface area contributed by atoms with Crippen LogP contribution in [0.25, 0.3) is 11.1 Å². The zero-order valence-corrected chi connectivity index (χ0v) is 15.7. The monoisotopic (exact) mass is 439 g/mol. The maximum absolute atomic E-state index is 13.7. The molecule has 3 aromatic rings. The van der Waals surface area contributed by atoms with Crippen molar-refractivity contribution in [1.29, 1.82) is 0 Å². The number of carbonyl (C=O) groups is 2. The van der Waals surface area contributed by atoms with Gasteiger partial charge in [0.15, 0.2) is 0 Å². The SMILES string of the molecule is Nc1scc(-c2ccc(NC(=O)Nc3cc(C(F)(F)F)ccc3F)cc2)c1C(=O)O. The summed E-state index contributed by atoms with van der Waals surface area (Å²) in [7, 11) is 0. The van der Waals surface area contributed by atoms with Gasteiger partial charge in [-0.05, 0) is 35.9 Å². The molecule has 0 fully saturated rings. The smallest absolute Gasteiger partial charge is 0.416 e. The summed E-state index contributed by atoms with van der Waals surface area (Å²) < 4.78 is 52.0. The van der Waals surface area contributed by atoms with Crippen LogP contribution in [0.15, 0.2) is 47.8 Å². The maximum atomic E-state index is 13.7. The van der Waals surface area contributed by atoms with Gasteiger partial charge in [0.2, 0.25) is 0 Å².